The summed E-state index contributed by atoms with van der Waals surface area (Å²) in [5.74, 6) is -1.35. The van der Waals surface area contributed by atoms with E-state index in [9.17, 15) is 13.6 Å². The SMILES string of the molecule is CN/C=C(\C=N)c1ccc2c(c1)ncn2-c1cc(OC)c(C(N)=O)c(OC(F)F)c1. The molecule has 0 aliphatic heterocycles. The highest BCUT2D eigenvalue weighted by Crippen LogP contribution is 2.34. The third kappa shape index (κ3) is 3.93. The normalized spacial score (nSPS) is 11.6. The van der Waals surface area contributed by atoms with Gasteiger partial charge in [-0.1, -0.05) is 6.07 Å². The van der Waals surface area contributed by atoms with Crippen LogP contribution >= 0.6 is 0 Å². The Morgan fingerprint density at radius 1 is 1.30 bits per heavy atom. The Bertz CT molecular complexity index is 1140. The maximum atomic E-state index is 12.9. The zero-order valence-corrected chi connectivity index (χ0v) is 16.1. The number of halogens is 2. The van der Waals surface area contributed by atoms with Crippen molar-refractivity contribution in [3.8, 4) is 17.2 Å². The van der Waals surface area contributed by atoms with Crippen molar-refractivity contribution in [3.63, 3.8) is 0 Å². The van der Waals surface area contributed by atoms with E-state index in [1.807, 2.05) is 0 Å². The molecule has 0 bridgehead atoms. The van der Waals surface area contributed by atoms with E-state index in [1.54, 1.807) is 36.0 Å². The van der Waals surface area contributed by atoms with E-state index in [-0.39, 0.29) is 11.3 Å². The van der Waals surface area contributed by atoms with Crippen LogP contribution in [0.4, 0.5) is 8.78 Å². The van der Waals surface area contributed by atoms with Crippen LogP contribution in [0.3, 0.4) is 0 Å². The molecule has 4 N–H and O–H groups in total. The van der Waals surface area contributed by atoms with Gasteiger partial charge in [-0.25, -0.2) is 4.98 Å². The van der Waals surface area contributed by atoms with Crippen molar-refractivity contribution < 1.29 is 23.0 Å². The molecule has 0 aliphatic rings. The minimum Gasteiger partial charge on any atom is -0.496 e. The predicted octanol–water partition coefficient (Wildman–Crippen LogP) is 2.94. The number of benzene rings is 2. The fourth-order valence-electron chi connectivity index (χ4n) is 3.07. The van der Waals surface area contributed by atoms with E-state index in [4.69, 9.17) is 15.9 Å². The highest BCUT2D eigenvalue weighted by molar-refractivity contribution is 6.09. The maximum Gasteiger partial charge on any atom is 0.387 e. The standard InChI is InChI=1S/C20H19F2N5O3/c1-25-9-12(8-23)11-3-4-15-14(5-11)26-10-27(15)13-6-16(29-2)18(19(24)28)17(7-13)30-20(21)22/h3-10,20,23,25H,1-2H3,(H2,24,28)/b12-9+,23-8?. The zero-order valence-electron chi connectivity index (χ0n) is 16.1. The lowest BCUT2D eigenvalue weighted by Gasteiger charge is -2.15. The fourth-order valence-corrected chi connectivity index (χ4v) is 3.07. The van der Waals surface area contributed by atoms with Crippen LogP contribution in [0, 0.1) is 5.41 Å². The van der Waals surface area contributed by atoms with Crippen molar-refractivity contribution in [2.24, 2.45) is 5.73 Å². The number of allylic oxidation sites excluding steroid dienone is 1. The fraction of sp³-hybridized carbons (Fsp3) is 0.150. The van der Waals surface area contributed by atoms with Gasteiger partial charge in [-0.2, -0.15) is 8.78 Å². The molecule has 0 saturated heterocycles. The molecule has 156 valence electrons. The Labute approximate surface area is 170 Å². The molecule has 10 heteroatoms. The first kappa shape index (κ1) is 20.8. The van der Waals surface area contributed by atoms with Gasteiger partial charge in [0.1, 0.15) is 23.4 Å². The van der Waals surface area contributed by atoms with Crippen LogP contribution in [0.25, 0.3) is 22.3 Å². The molecular formula is C20H19F2N5O3. The minimum atomic E-state index is -3.15. The molecule has 0 fully saturated rings. The predicted molar refractivity (Wildman–Crippen MR) is 109 cm³/mol. The van der Waals surface area contributed by atoms with E-state index in [0.29, 0.717) is 22.3 Å². The number of rotatable bonds is 8. The van der Waals surface area contributed by atoms with Crippen LogP contribution in [0.1, 0.15) is 15.9 Å². The number of nitrogens with two attached hydrogens (primary N) is 1. The van der Waals surface area contributed by atoms with Crippen LogP contribution in [-0.2, 0) is 0 Å². The summed E-state index contributed by atoms with van der Waals surface area (Å²) in [7, 11) is 3.03. The number of amides is 1. The van der Waals surface area contributed by atoms with Gasteiger partial charge in [-0.05, 0) is 17.7 Å². The third-order valence-corrected chi connectivity index (χ3v) is 4.35. The molecule has 1 heterocycles. The van der Waals surface area contributed by atoms with E-state index in [1.165, 1.54) is 31.8 Å². The van der Waals surface area contributed by atoms with E-state index >= 15 is 0 Å². The van der Waals surface area contributed by atoms with Crippen molar-refractivity contribution in [1.29, 1.82) is 5.41 Å². The number of carbonyl (C=O) groups excluding carboxylic acids is 1. The molecule has 0 radical (unpaired) electrons. The maximum absolute atomic E-state index is 12.9. The summed E-state index contributed by atoms with van der Waals surface area (Å²) < 4.78 is 37.1. The van der Waals surface area contributed by atoms with Gasteiger partial charge in [-0.3, -0.25) is 9.36 Å². The van der Waals surface area contributed by atoms with Crippen molar-refractivity contribution in [2.45, 2.75) is 6.61 Å². The number of nitrogens with zero attached hydrogens (tertiary/aromatic N) is 2. The number of primary amides is 1. The number of nitrogens with one attached hydrogen (secondary N) is 2. The highest BCUT2D eigenvalue weighted by Gasteiger charge is 2.21. The van der Waals surface area contributed by atoms with Crippen molar-refractivity contribution >= 4 is 28.7 Å². The van der Waals surface area contributed by atoms with Gasteiger partial charge in [-0.15, -0.1) is 0 Å². The second-order valence-corrected chi connectivity index (χ2v) is 6.11. The molecule has 0 saturated carbocycles. The quantitative estimate of drug-likeness (QED) is 0.489. The summed E-state index contributed by atoms with van der Waals surface area (Å²) in [5, 5.41) is 10.4. The first-order chi connectivity index (χ1) is 14.4. The first-order valence-corrected chi connectivity index (χ1v) is 8.72. The zero-order chi connectivity index (χ0) is 21.8. The molecule has 1 amide bonds. The first-order valence-electron chi connectivity index (χ1n) is 8.72. The van der Waals surface area contributed by atoms with Gasteiger partial charge < -0.3 is 25.9 Å². The minimum absolute atomic E-state index is 0.00262. The molecule has 0 spiro atoms. The number of hydrogen-bond acceptors (Lipinski definition) is 6. The summed E-state index contributed by atoms with van der Waals surface area (Å²) in [6, 6.07) is 8.14. The molecule has 30 heavy (non-hydrogen) atoms. The number of aromatic nitrogens is 2. The molecule has 2 aromatic carbocycles. The summed E-state index contributed by atoms with van der Waals surface area (Å²) in [6.45, 7) is -3.15. The van der Waals surface area contributed by atoms with Crippen LogP contribution in [0.5, 0.6) is 11.5 Å². The molecule has 0 atom stereocenters. The van der Waals surface area contributed by atoms with Crippen LogP contribution in [0.2, 0.25) is 0 Å². The largest absolute Gasteiger partial charge is 0.496 e. The molecule has 1 aromatic heterocycles. The van der Waals surface area contributed by atoms with Gasteiger partial charge in [0.25, 0.3) is 5.91 Å². The Hall–Kier alpha value is -3.95. The molecule has 0 unspecified atom stereocenters. The highest BCUT2D eigenvalue weighted by atomic mass is 19.3. The van der Waals surface area contributed by atoms with E-state index < -0.39 is 18.3 Å². The van der Waals surface area contributed by atoms with Gasteiger partial charge in [0, 0.05) is 37.2 Å². The molecule has 3 rings (SSSR count). The number of hydrogen-bond donors (Lipinski definition) is 3. The Morgan fingerprint density at radius 2 is 2.03 bits per heavy atom. The monoisotopic (exact) mass is 415 g/mol. The smallest absolute Gasteiger partial charge is 0.387 e. The lowest BCUT2D eigenvalue weighted by Crippen LogP contribution is -2.16. The Morgan fingerprint density at radius 3 is 2.63 bits per heavy atom. The Kier molecular flexibility index (Phi) is 5.95. The van der Waals surface area contributed by atoms with Crippen molar-refractivity contribution in [1.82, 2.24) is 14.9 Å². The van der Waals surface area contributed by atoms with Gasteiger partial charge >= 0.3 is 6.61 Å². The lowest BCUT2D eigenvalue weighted by atomic mass is 10.1. The van der Waals surface area contributed by atoms with Gasteiger partial charge in [0.15, 0.2) is 0 Å². The number of alkyl halides is 2. The van der Waals surface area contributed by atoms with Crippen molar-refractivity contribution in [3.05, 3.63) is 54.0 Å². The van der Waals surface area contributed by atoms with Gasteiger partial charge in [0.2, 0.25) is 0 Å². The van der Waals surface area contributed by atoms with Crippen LogP contribution in [0.15, 0.2) is 42.9 Å². The summed E-state index contributed by atoms with van der Waals surface area (Å²) in [5.41, 5.74) is 8.16. The van der Waals surface area contributed by atoms with Gasteiger partial charge in [0.05, 0.1) is 23.8 Å². The summed E-state index contributed by atoms with van der Waals surface area (Å²) in [4.78, 5) is 16.1. The molecule has 0 aliphatic carbocycles. The molecule has 3 aromatic rings. The van der Waals surface area contributed by atoms with E-state index in [0.717, 1.165) is 5.56 Å². The average molecular weight is 415 g/mol. The summed E-state index contributed by atoms with van der Waals surface area (Å²) >= 11 is 0. The second-order valence-electron chi connectivity index (χ2n) is 6.11. The number of imidazole rings is 1. The average Bonchev–Trinajstić information content (AvgIpc) is 3.13. The van der Waals surface area contributed by atoms with Crippen molar-refractivity contribution in [2.75, 3.05) is 14.2 Å². The number of ether oxygens (including phenoxy) is 2. The summed E-state index contributed by atoms with van der Waals surface area (Å²) in [6.07, 6.45) is 4.41. The second kappa shape index (κ2) is 8.60. The Balaban J connectivity index is 2.16. The lowest BCUT2D eigenvalue weighted by molar-refractivity contribution is -0.0502. The third-order valence-electron chi connectivity index (χ3n) is 4.35. The topological polar surface area (TPSA) is 115 Å². The van der Waals surface area contributed by atoms with Crippen LogP contribution in [-0.4, -0.2) is 42.4 Å². The molecule has 8 nitrogen and oxygen atoms in total. The molecular weight excluding hydrogens is 396 g/mol. The number of fused-ring (bicyclic) bond motifs is 1. The van der Waals surface area contributed by atoms with Crippen LogP contribution < -0.4 is 20.5 Å². The number of carbonyl (C=O) groups is 1. The number of methoxy groups -OCH3 is 1. The van der Waals surface area contributed by atoms with E-state index in [2.05, 4.69) is 15.0 Å².